The number of hydrogen-bond acceptors (Lipinski definition) is 5. The van der Waals surface area contributed by atoms with E-state index in [4.69, 9.17) is 14.2 Å². The third kappa shape index (κ3) is 4.99. The Morgan fingerprint density at radius 2 is 1.77 bits per heavy atom. The number of carbonyl (C=O) groups excluding carboxylic acids is 2. The molecule has 0 fully saturated rings. The first-order chi connectivity index (χ1) is 12.6. The molecule has 2 rings (SSSR count). The molecule has 0 bridgehead atoms. The molecule has 6 nitrogen and oxygen atoms in total. The first-order valence-corrected chi connectivity index (χ1v) is 8.46. The molecular formula is C20H23NO5. The van der Waals surface area contributed by atoms with Gasteiger partial charge in [0.1, 0.15) is 0 Å². The van der Waals surface area contributed by atoms with Crippen LogP contribution in [0.1, 0.15) is 30.6 Å². The summed E-state index contributed by atoms with van der Waals surface area (Å²) in [4.78, 5) is 24.4. The summed E-state index contributed by atoms with van der Waals surface area (Å²) in [7, 11) is 1.55. The van der Waals surface area contributed by atoms with E-state index in [1.165, 1.54) is 0 Å². The summed E-state index contributed by atoms with van der Waals surface area (Å²) >= 11 is 0. The minimum absolute atomic E-state index is 0.292. The van der Waals surface area contributed by atoms with Crippen LogP contribution in [0.2, 0.25) is 0 Å². The maximum absolute atomic E-state index is 12.6. The fourth-order valence-corrected chi connectivity index (χ4v) is 2.35. The van der Waals surface area contributed by atoms with E-state index >= 15 is 0 Å². The van der Waals surface area contributed by atoms with Crippen molar-refractivity contribution in [2.75, 3.05) is 19.0 Å². The summed E-state index contributed by atoms with van der Waals surface area (Å²) in [5.74, 6) is 0.320. The summed E-state index contributed by atoms with van der Waals surface area (Å²) in [6, 6.07) is 13.8. The predicted octanol–water partition coefficient (Wildman–Crippen LogP) is 3.67. The second-order valence-corrected chi connectivity index (χ2v) is 5.46. The van der Waals surface area contributed by atoms with Crippen LogP contribution in [-0.2, 0) is 9.53 Å². The van der Waals surface area contributed by atoms with Gasteiger partial charge in [-0.05, 0) is 43.7 Å². The summed E-state index contributed by atoms with van der Waals surface area (Å²) in [5, 5.41) is 2.78. The highest BCUT2D eigenvalue weighted by Gasteiger charge is 2.20. The lowest BCUT2D eigenvalue weighted by Gasteiger charge is -2.19. The van der Waals surface area contributed by atoms with Crippen molar-refractivity contribution in [3.8, 4) is 11.5 Å². The lowest BCUT2D eigenvalue weighted by atomic mass is 10.2. The van der Waals surface area contributed by atoms with Crippen LogP contribution in [0, 0.1) is 0 Å². The summed E-state index contributed by atoms with van der Waals surface area (Å²) < 4.78 is 16.0. The predicted molar refractivity (Wildman–Crippen MR) is 98.7 cm³/mol. The van der Waals surface area contributed by atoms with Crippen molar-refractivity contribution in [3.05, 3.63) is 54.1 Å². The number of carbonyl (C=O) groups is 2. The molecule has 0 unspecified atom stereocenters. The molecule has 0 heterocycles. The van der Waals surface area contributed by atoms with Gasteiger partial charge in [-0.25, -0.2) is 4.79 Å². The number of benzene rings is 2. The maximum Gasteiger partial charge on any atom is 0.338 e. The Morgan fingerprint density at radius 1 is 1.04 bits per heavy atom. The van der Waals surface area contributed by atoms with E-state index in [0.717, 1.165) is 0 Å². The smallest absolute Gasteiger partial charge is 0.338 e. The van der Waals surface area contributed by atoms with Crippen LogP contribution in [-0.4, -0.2) is 31.7 Å². The summed E-state index contributed by atoms with van der Waals surface area (Å²) in [6.07, 6.45) is -0.223. The zero-order valence-corrected chi connectivity index (χ0v) is 15.2. The molecule has 6 heteroatoms. The molecule has 0 radical (unpaired) electrons. The average Bonchev–Trinajstić information content (AvgIpc) is 2.66. The van der Waals surface area contributed by atoms with Crippen LogP contribution < -0.4 is 14.8 Å². The Balaban J connectivity index is 2.09. The van der Waals surface area contributed by atoms with E-state index in [1.54, 1.807) is 50.4 Å². The van der Waals surface area contributed by atoms with Gasteiger partial charge in [-0.2, -0.15) is 0 Å². The number of hydrogen-bond donors (Lipinski definition) is 1. The monoisotopic (exact) mass is 357 g/mol. The lowest BCUT2D eigenvalue weighted by Crippen LogP contribution is -2.32. The normalized spacial score (nSPS) is 11.3. The molecule has 2 aromatic carbocycles. The van der Waals surface area contributed by atoms with Crippen LogP contribution in [0.4, 0.5) is 5.69 Å². The fraction of sp³-hybridized carbons (Fsp3) is 0.300. The van der Waals surface area contributed by atoms with Crippen LogP contribution >= 0.6 is 0 Å². The second-order valence-electron chi connectivity index (χ2n) is 5.46. The van der Waals surface area contributed by atoms with E-state index in [0.29, 0.717) is 35.8 Å². The zero-order chi connectivity index (χ0) is 18.9. The molecule has 1 N–H and O–H groups in total. The van der Waals surface area contributed by atoms with Gasteiger partial charge in [-0.15, -0.1) is 0 Å². The van der Waals surface area contributed by atoms with Crippen molar-refractivity contribution in [2.45, 2.75) is 26.4 Å². The van der Waals surface area contributed by atoms with Crippen molar-refractivity contribution < 1.29 is 23.8 Å². The Hall–Kier alpha value is -3.02. The molecule has 0 saturated heterocycles. The van der Waals surface area contributed by atoms with Gasteiger partial charge in [-0.3, -0.25) is 4.79 Å². The topological polar surface area (TPSA) is 73.9 Å². The van der Waals surface area contributed by atoms with Crippen LogP contribution in [0.15, 0.2) is 48.5 Å². The van der Waals surface area contributed by atoms with Crippen molar-refractivity contribution in [2.24, 2.45) is 0 Å². The zero-order valence-electron chi connectivity index (χ0n) is 15.2. The number of amides is 1. The van der Waals surface area contributed by atoms with Crippen molar-refractivity contribution in [1.82, 2.24) is 0 Å². The first kappa shape index (κ1) is 19.3. The minimum atomic E-state index is -0.697. The Kier molecular flexibility index (Phi) is 7.02. The highest BCUT2D eigenvalue weighted by Crippen LogP contribution is 2.27. The van der Waals surface area contributed by atoms with Gasteiger partial charge < -0.3 is 19.5 Å². The number of ether oxygens (including phenoxy) is 3. The van der Waals surface area contributed by atoms with Gasteiger partial charge in [-0.1, -0.05) is 25.1 Å². The molecule has 0 spiro atoms. The first-order valence-electron chi connectivity index (χ1n) is 8.46. The lowest BCUT2D eigenvalue weighted by molar-refractivity contribution is -0.122. The van der Waals surface area contributed by atoms with E-state index < -0.39 is 12.1 Å². The molecule has 0 aromatic heterocycles. The van der Waals surface area contributed by atoms with Crippen molar-refractivity contribution >= 4 is 17.6 Å². The van der Waals surface area contributed by atoms with Gasteiger partial charge in [0.05, 0.1) is 19.3 Å². The molecule has 138 valence electrons. The molecular weight excluding hydrogens is 334 g/mol. The molecule has 0 saturated carbocycles. The fourth-order valence-electron chi connectivity index (χ4n) is 2.35. The highest BCUT2D eigenvalue weighted by atomic mass is 16.5. The highest BCUT2D eigenvalue weighted by molar-refractivity contribution is 5.96. The van der Waals surface area contributed by atoms with E-state index in [9.17, 15) is 9.59 Å². The largest absolute Gasteiger partial charge is 0.493 e. The van der Waals surface area contributed by atoms with E-state index in [-0.39, 0.29) is 5.91 Å². The number of methoxy groups -OCH3 is 1. The number of para-hydroxylation sites is 2. The second kappa shape index (κ2) is 9.46. The number of rotatable bonds is 8. The van der Waals surface area contributed by atoms with Gasteiger partial charge in [0.25, 0.3) is 5.91 Å². The third-order valence-corrected chi connectivity index (χ3v) is 3.64. The third-order valence-electron chi connectivity index (χ3n) is 3.64. The van der Waals surface area contributed by atoms with Crippen molar-refractivity contribution in [3.63, 3.8) is 0 Å². The maximum atomic E-state index is 12.6. The molecule has 0 aliphatic carbocycles. The number of esters is 1. The summed E-state index contributed by atoms with van der Waals surface area (Å²) in [6.45, 7) is 3.89. The number of anilines is 1. The van der Waals surface area contributed by atoms with Crippen LogP contribution in [0.5, 0.6) is 11.5 Å². The van der Waals surface area contributed by atoms with Gasteiger partial charge >= 0.3 is 5.97 Å². The molecule has 26 heavy (non-hydrogen) atoms. The standard InChI is InChI=1S/C20H23NO5/c1-4-16(26-18-12-7-6-11-17(18)24-3)19(22)21-15-10-8-9-14(13-15)20(23)25-5-2/h6-13,16H,4-5H2,1-3H3,(H,21,22)/t16-/m0/s1. The van der Waals surface area contributed by atoms with E-state index in [2.05, 4.69) is 5.32 Å². The molecule has 2 aromatic rings. The Morgan fingerprint density at radius 3 is 2.42 bits per heavy atom. The summed E-state index contributed by atoms with van der Waals surface area (Å²) in [5.41, 5.74) is 0.881. The van der Waals surface area contributed by atoms with Gasteiger partial charge in [0, 0.05) is 5.69 Å². The Labute approximate surface area is 153 Å². The van der Waals surface area contributed by atoms with E-state index in [1.807, 2.05) is 19.1 Å². The Bertz CT molecular complexity index is 759. The quantitative estimate of drug-likeness (QED) is 0.730. The van der Waals surface area contributed by atoms with Crippen LogP contribution in [0.3, 0.4) is 0 Å². The molecule has 1 atom stereocenters. The van der Waals surface area contributed by atoms with Gasteiger partial charge in [0.15, 0.2) is 17.6 Å². The SMILES string of the molecule is CCOC(=O)c1cccc(NC(=O)[C@H](CC)Oc2ccccc2OC)c1. The minimum Gasteiger partial charge on any atom is -0.493 e. The average molecular weight is 357 g/mol. The van der Waals surface area contributed by atoms with Crippen molar-refractivity contribution in [1.29, 1.82) is 0 Å². The number of nitrogens with one attached hydrogen (secondary N) is 1. The van der Waals surface area contributed by atoms with Crippen LogP contribution in [0.25, 0.3) is 0 Å². The molecule has 0 aliphatic heterocycles. The molecule has 1 amide bonds. The van der Waals surface area contributed by atoms with Gasteiger partial charge in [0.2, 0.25) is 0 Å². The molecule has 0 aliphatic rings.